The number of nitrogens with zero attached hydrogens (tertiary/aromatic N) is 2. The highest BCUT2D eigenvalue weighted by Crippen LogP contribution is 2.24. The number of para-hydroxylation sites is 2. The molecule has 0 aliphatic rings. The van der Waals surface area contributed by atoms with Gasteiger partial charge in [-0.15, -0.1) is 0 Å². The summed E-state index contributed by atoms with van der Waals surface area (Å²) in [5, 5.41) is 12.8. The fourth-order valence-electron chi connectivity index (χ4n) is 3.13. The molecule has 0 bridgehead atoms. The van der Waals surface area contributed by atoms with E-state index in [1.54, 1.807) is 24.3 Å². The van der Waals surface area contributed by atoms with E-state index in [2.05, 4.69) is 23.2 Å². The molecule has 0 unspecified atom stereocenters. The molecule has 0 aliphatic carbocycles. The van der Waals surface area contributed by atoms with Gasteiger partial charge in [0.2, 0.25) is 0 Å². The van der Waals surface area contributed by atoms with Gasteiger partial charge in [0.25, 0.3) is 15.7 Å². The monoisotopic (exact) mass is 419 g/mol. The average molecular weight is 419 g/mol. The maximum absolute atomic E-state index is 12.6. The van der Waals surface area contributed by atoms with Crippen LogP contribution < -0.4 is 0 Å². The molecule has 1 N–H and O–H groups in total. The third-order valence-electron chi connectivity index (χ3n) is 4.61. The Morgan fingerprint density at radius 2 is 1.57 bits per heavy atom. The van der Waals surface area contributed by atoms with Gasteiger partial charge in [0.1, 0.15) is 0 Å². The minimum Gasteiger partial charge on any atom is -0.361 e. The summed E-state index contributed by atoms with van der Waals surface area (Å²) < 4.78 is 26.4. The standard InChI is InChI=1S/C14H10N2O4S.C8H7N/c17-16(18)12-5-3-6-13(10-12)21(19,20)15-9-8-11-4-1-2-7-14(11)15;1-2-4-8-7(3-1)5-6-9-8/h1-10H;1-6,9H. The molecule has 0 amide bonds. The summed E-state index contributed by atoms with van der Waals surface area (Å²) in [6, 6.07) is 24.0. The summed E-state index contributed by atoms with van der Waals surface area (Å²) >= 11 is 0. The number of nitrogens with one attached hydrogen (secondary N) is 1. The van der Waals surface area contributed by atoms with Crippen LogP contribution in [-0.4, -0.2) is 22.3 Å². The van der Waals surface area contributed by atoms with Gasteiger partial charge >= 0.3 is 0 Å². The van der Waals surface area contributed by atoms with Gasteiger partial charge in [0, 0.05) is 35.4 Å². The molecule has 8 heteroatoms. The Balaban J connectivity index is 0.000000200. The van der Waals surface area contributed by atoms with E-state index >= 15 is 0 Å². The van der Waals surface area contributed by atoms with E-state index in [0.29, 0.717) is 5.52 Å². The van der Waals surface area contributed by atoms with Crippen LogP contribution in [0, 0.1) is 10.1 Å². The number of nitro groups is 1. The van der Waals surface area contributed by atoms with Crippen molar-refractivity contribution in [2.75, 3.05) is 0 Å². The quantitative estimate of drug-likeness (QED) is 0.330. The Morgan fingerprint density at radius 1 is 0.833 bits per heavy atom. The van der Waals surface area contributed by atoms with Crippen molar-refractivity contribution in [2.45, 2.75) is 4.90 Å². The number of nitro benzene ring substituents is 1. The lowest BCUT2D eigenvalue weighted by atomic mass is 10.3. The van der Waals surface area contributed by atoms with Crippen LogP contribution in [-0.2, 0) is 10.0 Å². The third-order valence-corrected chi connectivity index (χ3v) is 6.30. The highest BCUT2D eigenvalue weighted by Gasteiger charge is 2.21. The number of hydrogen-bond acceptors (Lipinski definition) is 4. The smallest absolute Gasteiger partial charge is 0.270 e. The van der Waals surface area contributed by atoms with Crippen molar-refractivity contribution in [3.8, 4) is 0 Å². The van der Waals surface area contributed by atoms with Gasteiger partial charge in [-0.25, -0.2) is 12.4 Å². The maximum Gasteiger partial charge on any atom is 0.270 e. The summed E-state index contributed by atoms with van der Waals surface area (Å²) in [4.78, 5) is 13.2. The molecule has 7 nitrogen and oxygen atoms in total. The Hall–Kier alpha value is -3.91. The topological polar surface area (TPSA) is 98.0 Å². The average Bonchev–Trinajstić information content (AvgIpc) is 3.41. The van der Waals surface area contributed by atoms with Crippen LogP contribution in [0.1, 0.15) is 0 Å². The number of fused-ring (bicyclic) bond motifs is 2. The fraction of sp³-hybridized carbons (Fsp3) is 0. The molecule has 0 radical (unpaired) electrons. The molecule has 2 aromatic heterocycles. The van der Waals surface area contributed by atoms with Crippen LogP contribution in [0.5, 0.6) is 0 Å². The first-order valence-electron chi connectivity index (χ1n) is 9.05. The normalized spacial score (nSPS) is 11.2. The molecule has 0 saturated carbocycles. The van der Waals surface area contributed by atoms with E-state index in [1.807, 2.05) is 24.4 Å². The third kappa shape index (κ3) is 3.68. The molecular formula is C22H17N3O4S. The first-order valence-corrected chi connectivity index (χ1v) is 10.5. The summed E-state index contributed by atoms with van der Waals surface area (Å²) in [5.74, 6) is 0. The first-order chi connectivity index (χ1) is 14.5. The van der Waals surface area contributed by atoms with Crippen molar-refractivity contribution in [1.29, 1.82) is 0 Å². The predicted molar refractivity (Wildman–Crippen MR) is 116 cm³/mol. The Bertz CT molecular complexity index is 1420. The zero-order chi connectivity index (χ0) is 21.1. The fourth-order valence-corrected chi connectivity index (χ4v) is 4.53. The van der Waals surface area contributed by atoms with Crippen molar-refractivity contribution in [3.05, 3.63) is 107 Å². The highest BCUT2D eigenvalue weighted by molar-refractivity contribution is 7.90. The second kappa shape index (κ2) is 7.84. The van der Waals surface area contributed by atoms with E-state index in [0.717, 1.165) is 15.4 Å². The van der Waals surface area contributed by atoms with Crippen LogP contribution in [0.2, 0.25) is 0 Å². The summed E-state index contributed by atoms with van der Waals surface area (Å²) in [5.41, 5.74) is 1.48. The van der Waals surface area contributed by atoms with Crippen molar-refractivity contribution >= 4 is 37.5 Å². The van der Waals surface area contributed by atoms with E-state index in [1.165, 1.54) is 35.3 Å². The van der Waals surface area contributed by atoms with Gasteiger partial charge in [0.15, 0.2) is 0 Å². The molecule has 0 spiro atoms. The van der Waals surface area contributed by atoms with Gasteiger partial charge in [-0.3, -0.25) is 10.1 Å². The van der Waals surface area contributed by atoms with Crippen LogP contribution in [0.15, 0.2) is 102 Å². The van der Waals surface area contributed by atoms with Crippen molar-refractivity contribution in [2.24, 2.45) is 0 Å². The van der Waals surface area contributed by atoms with Gasteiger partial charge in [-0.2, -0.15) is 0 Å². The molecule has 5 rings (SSSR count). The van der Waals surface area contributed by atoms with Gasteiger partial charge < -0.3 is 4.98 Å². The maximum atomic E-state index is 12.6. The van der Waals surface area contributed by atoms with Gasteiger partial charge in [-0.1, -0.05) is 42.5 Å². The van der Waals surface area contributed by atoms with Crippen LogP contribution in [0.4, 0.5) is 5.69 Å². The molecule has 0 aliphatic heterocycles. The molecule has 0 saturated heterocycles. The first kappa shape index (κ1) is 19.4. The number of aromatic amines is 1. The summed E-state index contributed by atoms with van der Waals surface area (Å²) in [6.07, 6.45) is 3.39. The Morgan fingerprint density at radius 3 is 2.33 bits per heavy atom. The molecule has 30 heavy (non-hydrogen) atoms. The minimum absolute atomic E-state index is 0.113. The van der Waals surface area contributed by atoms with E-state index in [-0.39, 0.29) is 10.6 Å². The number of non-ortho nitro benzene ring substituents is 1. The molecule has 3 aromatic carbocycles. The molecule has 2 heterocycles. The number of aromatic nitrogens is 2. The summed E-state index contributed by atoms with van der Waals surface area (Å²) in [6.45, 7) is 0. The van der Waals surface area contributed by atoms with E-state index in [9.17, 15) is 18.5 Å². The predicted octanol–water partition coefficient (Wildman–Crippen LogP) is 4.95. The van der Waals surface area contributed by atoms with Gasteiger partial charge in [0.05, 0.1) is 15.3 Å². The second-order valence-corrected chi connectivity index (χ2v) is 8.31. The Labute approximate surface area is 172 Å². The largest absolute Gasteiger partial charge is 0.361 e. The van der Waals surface area contributed by atoms with Crippen molar-refractivity contribution in [3.63, 3.8) is 0 Å². The summed E-state index contributed by atoms with van der Waals surface area (Å²) in [7, 11) is -3.87. The zero-order valence-electron chi connectivity index (χ0n) is 15.7. The number of benzene rings is 3. The number of rotatable bonds is 3. The second-order valence-electron chi connectivity index (χ2n) is 6.49. The van der Waals surface area contributed by atoms with E-state index < -0.39 is 14.9 Å². The lowest BCUT2D eigenvalue weighted by Crippen LogP contribution is -2.11. The van der Waals surface area contributed by atoms with E-state index in [4.69, 9.17) is 0 Å². The number of hydrogen-bond donors (Lipinski definition) is 1. The molecule has 0 atom stereocenters. The van der Waals surface area contributed by atoms with Crippen molar-refractivity contribution < 1.29 is 13.3 Å². The molecule has 5 aromatic rings. The molecule has 150 valence electrons. The van der Waals surface area contributed by atoms with Crippen LogP contribution in [0.25, 0.3) is 21.8 Å². The highest BCUT2D eigenvalue weighted by atomic mass is 32.2. The number of H-pyrrole nitrogens is 1. The van der Waals surface area contributed by atoms with Gasteiger partial charge in [-0.05, 0) is 35.7 Å². The van der Waals surface area contributed by atoms with Crippen LogP contribution in [0.3, 0.4) is 0 Å². The lowest BCUT2D eigenvalue weighted by Gasteiger charge is -2.07. The van der Waals surface area contributed by atoms with Crippen molar-refractivity contribution in [1.82, 2.24) is 8.96 Å². The SMILES string of the molecule is O=[N+]([O-])c1cccc(S(=O)(=O)n2ccc3ccccc32)c1.c1ccc2[nH]ccc2c1. The minimum atomic E-state index is -3.87. The zero-order valence-corrected chi connectivity index (χ0v) is 16.5. The van der Waals surface area contributed by atoms with Crippen LogP contribution >= 0.6 is 0 Å². The molecular weight excluding hydrogens is 402 g/mol. The molecule has 0 fully saturated rings. The Kier molecular flexibility index (Phi) is 5.07. The lowest BCUT2D eigenvalue weighted by molar-refractivity contribution is -0.385.